The monoisotopic (exact) mass is 264 g/mol. The van der Waals surface area contributed by atoms with E-state index in [0.29, 0.717) is 6.42 Å². The highest BCUT2D eigenvalue weighted by Gasteiger charge is 2.22. The summed E-state index contributed by atoms with van der Waals surface area (Å²) in [6.07, 6.45) is 0.456. The topological polar surface area (TPSA) is 61.4 Å². The lowest BCUT2D eigenvalue weighted by molar-refractivity contribution is -0.115. The zero-order valence-corrected chi connectivity index (χ0v) is 12.4. The summed E-state index contributed by atoms with van der Waals surface area (Å²) in [4.78, 5) is 11.5. The third-order valence-corrected chi connectivity index (χ3v) is 3.36. The molecule has 3 N–H and O–H groups in total. The van der Waals surface area contributed by atoms with Crippen LogP contribution in [-0.4, -0.2) is 22.7 Å². The molecule has 0 aliphatic rings. The van der Waals surface area contributed by atoms with Crippen molar-refractivity contribution in [2.75, 3.05) is 10.6 Å². The van der Waals surface area contributed by atoms with Gasteiger partial charge in [-0.3, -0.25) is 4.79 Å². The van der Waals surface area contributed by atoms with E-state index in [0.717, 1.165) is 16.9 Å². The van der Waals surface area contributed by atoms with Gasteiger partial charge < -0.3 is 15.7 Å². The van der Waals surface area contributed by atoms with Crippen molar-refractivity contribution in [2.24, 2.45) is 0 Å². The molecule has 0 aliphatic carbocycles. The lowest BCUT2D eigenvalue weighted by atomic mass is 10.00. The molecule has 0 heterocycles. The van der Waals surface area contributed by atoms with Crippen molar-refractivity contribution in [3.8, 4) is 0 Å². The smallest absolute Gasteiger partial charge is 0.224 e. The van der Waals surface area contributed by atoms with Gasteiger partial charge in [-0.25, -0.2) is 0 Å². The Labute approximate surface area is 115 Å². The van der Waals surface area contributed by atoms with Gasteiger partial charge in [-0.05, 0) is 45.4 Å². The minimum atomic E-state index is -0.810. The van der Waals surface area contributed by atoms with E-state index in [-0.39, 0.29) is 11.9 Å². The number of nitrogens with one attached hydrogen (secondary N) is 2. The maximum absolute atomic E-state index is 11.5. The average Bonchev–Trinajstić information content (AvgIpc) is 2.32. The molecule has 1 amide bonds. The molecule has 0 saturated heterocycles. The van der Waals surface area contributed by atoms with Crippen molar-refractivity contribution in [1.29, 1.82) is 0 Å². The number of carbonyl (C=O) groups is 1. The Hall–Kier alpha value is -1.55. The zero-order valence-electron chi connectivity index (χ0n) is 12.4. The molecule has 106 valence electrons. The Bertz CT molecular complexity index is 450. The van der Waals surface area contributed by atoms with E-state index >= 15 is 0 Å². The van der Waals surface area contributed by atoms with Crippen LogP contribution in [-0.2, 0) is 4.79 Å². The van der Waals surface area contributed by atoms with Crippen molar-refractivity contribution in [2.45, 2.75) is 52.7 Å². The van der Waals surface area contributed by atoms with Gasteiger partial charge in [0.15, 0.2) is 0 Å². The fraction of sp³-hybridized carbons (Fsp3) is 0.533. The summed E-state index contributed by atoms with van der Waals surface area (Å²) in [5, 5.41) is 16.1. The van der Waals surface area contributed by atoms with E-state index in [1.54, 1.807) is 13.8 Å². The van der Waals surface area contributed by atoms with Crippen LogP contribution < -0.4 is 10.6 Å². The zero-order chi connectivity index (χ0) is 14.6. The van der Waals surface area contributed by atoms with E-state index in [9.17, 15) is 9.90 Å². The SMILES string of the molecule is CCC(=O)Nc1cccc(NC(C)C(C)(C)O)c1C. The molecule has 0 radical (unpaired) electrons. The quantitative estimate of drug-likeness (QED) is 0.766. The third kappa shape index (κ3) is 4.24. The predicted octanol–water partition coefficient (Wildman–Crippen LogP) is 2.91. The maximum atomic E-state index is 11.5. The number of benzene rings is 1. The van der Waals surface area contributed by atoms with Crippen LogP contribution in [0.1, 0.15) is 39.7 Å². The molecule has 0 saturated carbocycles. The number of amides is 1. The molecule has 4 nitrogen and oxygen atoms in total. The number of rotatable bonds is 5. The highest BCUT2D eigenvalue weighted by Crippen LogP contribution is 2.25. The van der Waals surface area contributed by atoms with Crippen LogP contribution in [0.5, 0.6) is 0 Å². The van der Waals surface area contributed by atoms with Gasteiger partial charge in [0.2, 0.25) is 5.91 Å². The first kappa shape index (κ1) is 15.5. The number of carbonyl (C=O) groups excluding carboxylic acids is 1. The molecule has 1 aromatic rings. The van der Waals surface area contributed by atoms with Gasteiger partial charge in [-0.1, -0.05) is 13.0 Å². The summed E-state index contributed by atoms with van der Waals surface area (Å²) in [6.45, 7) is 9.23. The van der Waals surface area contributed by atoms with Crippen LogP contribution in [0.15, 0.2) is 18.2 Å². The van der Waals surface area contributed by atoms with Crippen molar-refractivity contribution < 1.29 is 9.90 Å². The highest BCUT2D eigenvalue weighted by molar-refractivity contribution is 5.92. The first-order valence-electron chi connectivity index (χ1n) is 6.64. The molecule has 1 unspecified atom stereocenters. The van der Waals surface area contributed by atoms with Crippen LogP contribution in [0.2, 0.25) is 0 Å². The van der Waals surface area contributed by atoms with Gasteiger partial charge in [0.05, 0.1) is 11.6 Å². The van der Waals surface area contributed by atoms with E-state index in [1.165, 1.54) is 0 Å². The van der Waals surface area contributed by atoms with Crippen LogP contribution >= 0.6 is 0 Å². The first-order valence-corrected chi connectivity index (χ1v) is 6.64. The lowest BCUT2D eigenvalue weighted by Crippen LogP contribution is -2.39. The van der Waals surface area contributed by atoms with Crippen molar-refractivity contribution in [1.82, 2.24) is 0 Å². The molecule has 0 aliphatic heterocycles. The first-order chi connectivity index (χ1) is 8.75. The summed E-state index contributed by atoms with van der Waals surface area (Å²) < 4.78 is 0. The van der Waals surface area contributed by atoms with Crippen molar-refractivity contribution in [3.63, 3.8) is 0 Å². The Morgan fingerprint density at radius 3 is 2.47 bits per heavy atom. The summed E-state index contributed by atoms with van der Waals surface area (Å²) in [5.41, 5.74) is 1.89. The van der Waals surface area contributed by atoms with E-state index < -0.39 is 5.60 Å². The van der Waals surface area contributed by atoms with Gasteiger partial charge in [0, 0.05) is 17.8 Å². The molecular formula is C15H24N2O2. The summed E-state index contributed by atoms with van der Waals surface area (Å²) >= 11 is 0. The van der Waals surface area contributed by atoms with E-state index in [4.69, 9.17) is 0 Å². The molecule has 1 aromatic carbocycles. The number of aliphatic hydroxyl groups is 1. The van der Waals surface area contributed by atoms with Gasteiger partial charge >= 0.3 is 0 Å². The Balaban J connectivity index is 2.92. The molecular weight excluding hydrogens is 240 g/mol. The van der Waals surface area contributed by atoms with Crippen LogP contribution in [0.3, 0.4) is 0 Å². The molecule has 4 heteroatoms. The average molecular weight is 264 g/mol. The third-order valence-electron chi connectivity index (χ3n) is 3.36. The van der Waals surface area contributed by atoms with Crippen molar-refractivity contribution >= 4 is 17.3 Å². The second kappa shape index (κ2) is 6.06. The Morgan fingerprint density at radius 1 is 1.37 bits per heavy atom. The standard InChI is InChI=1S/C15H24N2O2/c1-6-14(18)17-13-9-7-8-12(10(13)2)16-11(3)15(4,5)19/h7-9,11,16,19H,6H2,1-5H3,(H,17,18). The summed E-state index contributed by atoms with van der Waals surface area (Å²) in [5.74, 6) is -0.00390. The van der Waals surface area contributed by atoms with E-state index in [1.807, 2.05) is 39.0 Å². The fourth-order valence-corrected chi connectivity index (χ4v) is 1.58. The molecule has 0 spiro atoms. The highest BCUT2D eigenvalue weighted by atomic mass is 16.3. The fourth-order valence-electron chi connectivity index (χ4n) is 1.58. The Morgan fingerprint density at radius 2 is 1.95 bits per heavy atom. The molecule has 1 atom stereocenters. The second-order valence-electron chi connectivity index (χ2n) is 5.40. The summed E-state index contributed by atoms with van der Waals surface area (Å²) in [7, 11) is 0. The van der Waals surface area contributed by atoms with Gasteiger partial charge in [0.1, 0.15) is 0 Å². The number of anilines is 2. The molecule has 19 heavy (non-hydrogen) atoms. The minimum Gasteiger partial charge on any atom is -0.388 e. The number of hydrogen-bond donors (Lipinski definition) is 3. The van der Waals surface area contributed by atoms with Gasteiger partial charge in [0.25, 0.3) is 0 Å². The normalized spacial score (nSPS) is 12.9. The molecule has 0 fully saturated rings. The van der Waals surface area contributed by atoms with Gasteiger partial charge in [-0.2, -0.15) is 0 Å². The minimum absolute atomic E-state index is 0.00390. The van der Waals surface area contributed by atoms with Crippen molar-refractivity contribution in [3.05, 3.63) is 23.8 Å². The number of hydrogen-bond acceptors (Lipinski definition) is 3. The van der Waals surface area contributed by atoms with Crippen LogP contribution in [0.4, 0.5) is 11.4 Å². The molecule has 0 aromatic heterocycles. The second-order valence-corrected chi connectivity index (χ2v) is 5.40. The van der Waals surface area contributed by atoms with E-state index in [2.05, 4.69) is 10.6 Å². The molecule has 1 rings (SSSR count). The maximum Gasteiger partial charge on any atom is 0.224 e. The summed E-state index contributed by atoms with van der Waals surface area (Å²) in [6, 6.07) is 5.61. The van der Waals surface area contributed by atoms with Crippen LogP contribution in [0, 0.1) is 6.92 Å². The van der Waals surface area contributed by atoms with Crippen LogP contribution in [0.25, 0.3) is 0 Å². The predicted molar refractivity (Wildman–Crippen MR) is 79.5 cm³/mol. The van der Waals surface area contributed by atoms with Gasteiger partial charge in [-0.15, -0.1) is 0 Å². The largest absolute Gasteiger partial charge is 0.388 e. The Kier molecular flexibility index (Phi) is 4.95. The molecule has 0 bridgehead atoms. The lowest BCUT2D eigenvalue weighted by Gasteiger charge is -2.28.